The average Bonchev–Trinajstić information content (AvgIpc) is 2.64. The number of carboxylic acid groups (broad SMARTS) is 1. The lowest BCUT2D eigenvalue weighted by Crippen LogP contribution is -2.50. The zero-order valence-electron chi connectivity index (χ0n) is 16.2. The van der Waals surface area contributed by atoms with E-state index in [-0.39, 0.29) is 18.2 Å². The minimum Gasteiger partial charge on any atom is -0.481 e. The Bertz CT molecular complexity index is 688. The van der Waals surface area contributed by atoms with Gasteiger partial charge in [-0.3, -0.25) is 24.2 Å². The Morgan fingerprint density at radius 3 is 2.21 bits per heavy atom. The van der Waals surface area contributed by atoms with Crippen LogP contribution in [0.15, 0.2) is 24.3 Å². The maximum Gasteiger partial charge on any atom is 0.308 e. The fourth-order valence-electron chi connectivity index (χ4n) is 2.97. The van der Waals surface area contributed by atoms with E-state index < -0.39 is 11.9 Å². The standard InChI is InChI=1S/C19H27ClN4O4/c1-22(2)18(26)13-24-9-7-23(8-10-24)12-14(19(27)28)11-17(25)21-16-5-3-15(20)4-6-16/h3-6,14H,7-13H2,1-2H3,(H,21,25)(H,27,28). The van der Waals surface area contributed by atoms with Crippen molar-refractivity contribution in [3.05, 3.63) is 29.3 Å². The van der Waals surface area contributed by atoms with Gasteiger partial charge >= 0.3 is 5.97 Å². The molecule has 0 spiro atoms. The Morgan fingerprint density at radius 2 is 1.68 bits per heavy atom. The highest BCUT2D eigenvalue weighted by atomic mass is 35.5. The molecule has 1 aromatic rings. The third-order valence-electron chi connectivity index (χ3n) is 4.71. The van der Waals surface area contributed by atoms with E-state index in [0.717, 1.165) is 0 Å². The van der Waals surface area contributed by atoms with Crippen molar-refractivity contribution in [1.29, 1.82) is 0 Å². The fourth-order valence-corrected chi connectivity index (χ4v) is 3.10. The van der Waals surface area contributed by atoms with Gasteiger partial charge in [-0.25, -0.2) is 0 Å². The van der Waals surface area contributed by atoms with Gasteiger partial charge in [-0.05, 0) is 24.3 Å². The second kappa shape index (κ2) is 10.4. The summed E-state index contributed by atoms with van der Waals surface area (Å²) >= 11 is 5.82. The number of likely N-dealkylation sites (N-methyl/N-ethyl adjacent to an activating group) is 1. The summed E-state index contributed by atoms with van der Waals surface area (Å²) in [5.41, 5.74) is 0.581. The molecule has 1 aliphatic rings. The molecule has 8 nitrogen and oxygen atoms in total. The van der Waals surface area contributed by atoms with Crippen LogP contribution in [0, 0.1) is 5.92 Å². The molecule has 0 aromatic heterocycles. The van der Waals surface area contributed by atoms with Crippen molar-refractivity contribution < 1.29 is 19.5 Å². The van der Waals surface area contributed by atoms with E-state index in [4.69, 9.17) is 11.6 Å². The molecule has 2 N–H and O–H groups in total. The highest BCUT2D eigenvalue weighted by Crippen LogP contribution is 2.15. The van der Waals surface area contributed by atoms with Crippen LogP contribution in [0.2, 0.25) is 5.02 Å². The van der Waals surface area contributed by atoms with Crippen LogP contribution >= 0.6 is 11.6 Å². The normalized spacial score (nSPS) is 16.4. The number of hydrogen-bond acceptors (Lipinski definition) is 5. The molecule has 0 saturated carbocycles. The lowest BCUT2D eigenvalue weighted by Gasteiger charge is -2.35. The van der Waals surface area contributed by atoms with Gasteiger partial charge in [-0.2, -0.15) is 0 Å². The first-order valence-corrected chi connectivity index (χ1v) is 9.55. The van der Waals surface area contributed by atoms with Crippen molar-refractivity contribution >= 4 is 35.1 Å². The summed E-state index contributed by atoms with van der Waals surface area (Å²) in [4.78, 5) is 41.3. The number of nitrogens with zero attached hydrogens (tertiary/aromatic N) is 3. The van der Waals surface area contributed by atoms with Gasteiger partial charge in [0.15, 0.2) is 0 Å². The SMILES string of the molecule is CN(C)C(=O)CN1CCN(CC(CC(=O)Nc2ccc(Cl)cc2)C(=O)O)CC1. The maximum atomic E-state index is 12.2. The molecule has 1 aromatic carbocycles. The monoisotopic (exact) mass is 410 g/mol. The topological polar surface area (TPSA) is 93.2 Å². The molecule has 0 aliphatic carbocycles. The molecule has 28 heavy (non-hydrogen) atoms. The molecular weight excluding hydrogens is 384 g/mol. The summed E-state index contributed by atoms with van der Waals surface area (Å²) < 4.78 is 0. The molecule has 1 aliphatic heterocycles. The summed E-state index contributed by atoms with van der Waals surface area (Å²) in [5.74, 6) is -2.07. The number of piperazine rings is 1. The molecule has 1 atom stereocenters. The zero-order chi connectivity index (χ0) is 20.7. The molecule has 1 unspecified atom stereocenters. The van der Waals surface area contributed by atoms with Crippen LogP contribution in [0.25, 0.3) is 0 Å². The lowest BCUT2D eigenvalue weighted by molar-refractivity contribution is -0.144. The quantitative estimate of drug-likeness (QED) is 0.666. The molecule has 1 saturated heterocycles. The number of halogens is 1. The predicted molar refractivity (Wildman–Crippen MR) is 107 cm³/mol. The van der Waals surface area contributed by atoms with Crippen molar-refractivity contribution in [2.45, 2.75) is 6.42 Å². The van der Waals surface area contributed by atoms with Gasteiger partial charge in [-0.15, -0.1) is 0 Å². The van der Waals surface area contributed by atoms with Crippen LogP contribution in [-0.2, 0) is 14.4 Å². The minimum atomic E-state index is -0.989. The molecule has 2 amide bonds. The smallest absolute Gasteiger partial charge is 0.308 e. The summed E-state index contributed by atoms with van der Waals surface area (Å²) in [6.45, 7) is 3.41. The van der Waals surface area contributed by atoms with Crippen LogP contribution < -0.4 is 5.32 Å². The van der Waals surface area contributed by atoms with E-state index in [1.54, 1.807) is 43.3 Å². The number of amides is 2. The van der Waals surface area contributed by atoms with Crippen LogP contribution in [-0.4, -0.2) is 91.0 Å². The molecule has 1 fully saturated rings. The zero-order valence-corrected chi connectivity index (χ0v) is 17.0. The predicted octanol–water partition coefficient (Wildman–Crippen LogP) is 1.08. The van der Waals surface area contributed by atoms with Gasteiger partial charge in [0.2, 0.25) is 11.8 Å². The maximum absolute atomic E-state index is 12.2. The molecule has 1 heterocycles. The number of anilines is 1. The fraction of sp³-hybridized carbons (Fsp3) is 0.526. The van der Waals surface area contributed by atoms with E-state index in [0.29, 0.717) is 50.0 Å². The number of hydrogen-bond donors (Lipinski definition) is 2. The third kappa shape index (κ3) is 7.10. The molecule has 2 rings (SSSR count). The van der Waals surface area contributed by atoms with E-state index in [1.807, 2.05) is 4.90 Å². The first kappa shape index (κ1) is 22.1. The van der Waals surface area contributed by atoms with Crippen LogP contribution in [0.4, 0.5) is 5.69 Å². The number of benzene rings is 1. The summed E-state index contributed by atoms with van der Waals surface area (Å²) in [5, 5.41) is 12.8. The first-order valence-electron chi connectivity index (χ1n) is 9.17. The Morgan fingerprint density at radius 1 is 1.11 bits per heavy atom. The Labute approximate surface area is 170 Å². The van der Waals surface area contributed by atoms with Gasteiger partial charge in [0.25, 0.3) is 0 Å². The summed E-state index contributed by atoms with van der Waals surface area (Å²) in [6.07, 6.45) is -0.0999. The molecule has 0 radical (unpaired) electrons. The number of aliphatic carboxylic acids is 1. The highest BCUT2D eigenvalue weighted by Gasteiger charge is 2.27. The van der Waals surface area contributed by atoms with Gasteiger partial charge in [0, 0.05) is 63.9 Å². The van der Waals surface area contributed by atoms with E-state index in [9.17, 15) is 19.5 Å². The van der Waals surface area contributed by atoms with Crippen LogP contribution in [0.5, 0.6) is 0 Å². The third-order valence-corrected chi connectivity index (χ3v) is 4.96. The Kier molecular flexibility index (Phi) is 8.22. The van der Waals surface area contributed by atoms with E-state index in [1.165, 1.54) is 0 Å². The van der Waals surface area contributed by atoms with E-state index >= 15 is 0 Å². The largest absolute Gasteiger partial charge is 0.481 e. The Balaban J connectivity index is 1.81. The summed E-state index contributed by atoms with van der Waals surface area (Å²) in [7, 11) is 3.45. The minimum absolute atomic E-state index is 0.0516. The van der Waals surface area contributed by atoms with E-state index in [2.05, 4.69) is 10.2 Å². The van der Waals surface area contributed by atoms with Crippen molar-refractivity contribution in [3.8, 4) is 0 Å². The van der Waals surface area contributed by atoms with Gasteiger partial charge in [0.1, 0.15) is 0 Å². The molecule has 9 heteroatoms. The molecule has 154 valence electrons. The second-order valence-corrected chi connectivity index (χ2v) is 7.60. The van der Waals surface area contributed by atoms with Crippen LogP contribution in [0.1, 0.15) is 6.42 Å². The van der Waals surface area contributed by atoms with Crippen molar-refractivity contribution in [2.75, 3.05) is 58.7 Å². The summed E-state index contributed by atoms with van der Waals surface area (Å²) in [6, 6.07) is 6.66. The van der Waals surface area contributed by atoms with Crippen molar-refractivity contribution in [1.82, 2.24) is 14.7 Å². The number of rotatable bonds is 8. The van der Waals surface area contributed by atoms with Gasteiger partial charge in [0.05, 0.1) is 12.5 Å². The van der Waals surface area contributed by atoms with Gasteiger partial charge < -0.3 is 15.3 Å². The second-order valence-electron chi connectivity index (χ2n) is 7.16. The van der Waals surface area contributed by atoms with Gasteiger partial charge in [-0.1, -0.05) is 11.6 Å². The lowest BCUT2D eigenvalue weighted by atomic mass is 10.0. The number of carbonyl (C=O) groups excluding carboxylic acids is 2. The van der Waals surface area contributed by atoms with Crippen molar-refractivity contribution in [2.24, 2.45) is 5.92 Å². The van der Waals surface area contributed by atoms with Crippen LogP contribution in [0.3, 0.4) is 0 Å². The highest BCUT2D eigenvalue weighted by molar-refractivity contribution is 6.30. The Hall–Kier alpha value is -2.16. The first-order chi connectivity index (χ1) is 13.2. The molecule has 0 bridgehead atoms. The average molecular weight is 411 g/mol. The molecular formula is C19H27ClN4O4. The number of carboxylic acids is 1. The van der Waals surface area contributed by atoms with Crippen molar-refractivity contribution in [3.63, 3.8) is 0 Å². The number of nitrogens with one attached hydrogen (secondary N) is 1. The number of carbonyl (C=O) groups is 3.